The second kappa shape index (κ2) is 6.64. The fraction of sp³-hybridized carbons (Fsp3) is 0.312. The Balaban J connectivity index is 1.85. The van der Waals surface area contributed by atoms with Crippen LogP contribution in [0.5, 0.6) is 0 Å². The molecule has 0 spiro atoms. The minimum Gasteiger partial charge on any atom is -0.341 e. The van der Waals surface area contributed by atoms with E-state index in [1.165, 1.54) is 11.3 Å². The molecule has 3 aromatic rings. The van der Waals surface area contributed by atoms with Gasteiger partial charge in [0.25, 0.3) is 0 Å². The molecule has 3 rings (SSSR count). The summed E-state index contributed by atoms with van der Waals surface area (Å²) in [7, 11) is 0. The number of para-hydroxylation sites is 2. The summed E-state index contributed by atoms with van der Waals surface area (Å²) in [6, 6.07) is 7.92. The van der Waals surface area contributed by atoms with Gasteiger partial charge in [-0.25, -0.2) is 4.98 Å². The molecule has 120 valence electrons. The molecule has 0 saturated carbocycles. The lowest BCUT2D eigenvalue weighted by molar-refractivity contribution is -0.115. The van der Waals surface area contributed by atoms with E-state index in [1.54, 1.807) is 0 Å². The first kappa shape index (κ1) is 15.9. The van der Waals surface area contributed by atoms with Crippen LogP contribution < -0.4 is 5.32 Å². The standard InChI is InChI=1S/C16H18N4OS2/c1-3-8-20-12-7-5-4-6-11(12)18-15(20)19-14(21)9-13-10(2)17-16(22)23-13/h4-7H,3,8-9H2,1-2H3,(H,17,22)(H,18,19,21). The number of amides is 1. The molecule has 0 bridgehead atoms. The van der Waals surface area contributed by atoms with E-state index in [1.807, 2.05) is 31.2 Å². The third-order valence-corrected chi connectivity index (χ3v) is 4.93. The first-order chi connectivity index (χ1) is 11.1. The number of fused-ring (bicyclic) bond motifs is 1. The molecule has 0 aliphatic rings. The molecule has 7 heteroatoms. The van der Waals surface area contributed by atoms with Gasteiger partial charge in [-0.05, 0) is 37.7 Å². The van der Waals surface area contributed by atoms with E-state index >= 15 is 0 Å². The number of thiazole rings is 1. The Hall–Kier alpha value is -1.99. The van der Waals surface area contributed by atoms with E-state index in [2.05, 4.69) is 26.8 Å². The molecular formula is C16H18N4OS2. The maximum absolute atomic E-state index is 12.4. The number of aryl methyl sites for hydroxylation is 2. The van der Waals surface area contributed by atoms with Gasteiger partial charge in [0.05, 0.1) is 17.5 Å². The van der Waals surface area contributed by atoms with Crippen molar-refractivity contribution in [3.8, 4) is 0 Å². The second-order valence-corrected chi connectivity index (χ2v) is 7.14. The molecule has 2 heterocycles. The highest BCUT2D eigenvalue weighted by Crippen LogP contribution is 2.21. The van der Waals surface area contributed by atoms with Crippen molar-refractivity contribution in [2.45, 2.75) is 33.2 Å². The van der Waals surface area contributed by atoms with Crippen molar-refractivity contribution in [2.75, 3.05) is 5.32 Å². The molecule has 1 amide bonds. The van der Waals surface area contributed by atoms with Crippen LogP contribution in [0.15, 0.2) is 24.3 Å². The normalized spacial score (nSPS) is 11.0. The smallest absolute Gasteiger partial charge is 0.232 e. The average molecular weight is 346 g/mol. The zero-order chi connectivity index (χ0) is 16.4. The third-order valence-electron chi connectivity index (χ3n) is 3.60. The average Bonchev–Trinajstić information content (AvgIpc) is 3.00. The Morgan fingerprint density at radius 2 is 2.22 bits per heavy atom. The number of imidazole rings is 1. The van der Waals surface area contributed by atoms with E-state index in [0.29, 0.717) is 16.3 Å². The predicted molar refractivity (Wildman–Crippen MR) is 96.6 cm³/mol. The van der Waals surface area contributed by atoms with Crippen LogP contribution in [0.4, 0.5) is 5.95 Å². The fourth-order valence-electron chi connectivity index (χ4n) is 2.54. The highest BCUT2D eigenvalue weighted by Gasteiger charge is 2.14. The van der Waals surface area contributed by atoms with Gasteiger partial charge in [0.15, 0.2) is 3.95 Å². The molecule has 2 N–H and O–H groups in total. The Morgan fingerprint density at radius 3 is 2.91 bits per heavy atom. The summed E-state index contributed by atoms with van der Waals surface area (Å²) >= 11 is 6.56. The maximum atomic E-state index is 12.4. The Bertz CT molecular complexity index is 906. The van der Waals surface area contributed by atoms with Crippen LogP contribution in [0.3, 0.4) is 0 Å². The number of hydrogen-bond donors (Lipinski definition) is 2. The lowest BCUT2D eigenvalue weighted by Gasteiger charge is -2.08. The molecule has 0 aliphatic carbocycles. The lowest BCUT2D eigenvalue weighted by atomic mass is 10.3. The van der Waals surface area contributed by atoms with Crippen molar-refractivity contribution in [3.63, 3.8) is 0 Å². The molecule has 2 aromatic heterocycles. The summed E-state index contributed by atoms with van der Waals surface area (Å²) in [5, 5.41) is 2.94. The highest BCUT2D eigenvalue weighted by molar-refractivity contribution is 7.73. The minimum absolute atomic E-state index is 0.0778. The van der Waals surface area contributed by atoms with Crippen LogP contribution in [0, 0.1) is 10.9 Å². The van der Waals surface area contributed by atoms with Crippen LogP contribution in [0.1, 0.15) is 23.9 Å². The number of carbonyl (C=O) groups excluding carboxylic acids is 1. The van der Waals surface area contributed by atoms with E-state index in [4.69, 9.17) is 12.2 Å². The Labute approximate surface area is 143 Å². The predicted octanol–water partition coefficient (Wildman–Crippen LogP) is 4.06. The van der Waals surface area contributed by atoms with Crippen molar-refractivity contribution >= 4 is 46.4 Å². The molecule has 0 atom stereocenters. The molecule has 0 saturated heterocycles. The first-order valence-corrected chi connectivity index (χ1v) is 8.74. The molecule has 5 nitrogen and oxygen atoms in total. The van der Waals surface area contributed by atoms with E-state index in [0.717, 1.165) is 34.6 Å². The summed E-state index contributed by atoms with van der Waals surface area (Å²) in [6.45, 7) is 4.86. The van der Waals surface area contributed by atoms with Crippen molar-refractivity contribution < 1.29 is 4.79 Å². The van der Waals surface area contributed by atoms with Crippen molar-refractivity contribution in [3.05, 3.63) is 38.8 Å². The number of aromatic amines is 1. The number of aromatic nitrogens is 3. The second-order valence-electron chi connectivity index (χ2n) is 5.36. The van der Waals surface area contributed by atoms with E-state index in [9.17, 15) is 4.79 Å². The molecule has 0 fully saturated rings. The number of nitrogens with zero attached hydrogens (tertiary/aromatic N) is 2. The topological polar surface area (TPSA) is 62.7 Å². The fourth-order valence-corrected chi connectivity index (χ4v) is 3.83. The number of rotatable bonds is 5. The zero-order valence-electron chi connectivity index (χ0n) is 13.0. The van der Waals surface area contributed by atoms with Crippen LogP contribution in [-0.2, 0) is 17.8 Å². The first-order valence-electron chi connectivity index (χ1n) is 7.52. The largest absolute Gasteiger partial charge is 0.341 e. The SMILES string of the molecule is CCCn1c(NC(=O)Cc2sc(=S)[nH]c2C)nc2ccccc21. The van der Waals surface area contributed by atoms with Gasteiger partial charge in [0.2, 0.25) is 11.9 Å². The molecule has 23 heavy (non-hydrogen) atoms. The Kier molecular flexibility index (Phi) is 4.58. The zero-order valence-corrected chi connectivity index (χ0v) is 14.7. The lowest BCUT2D eigenvalue weighted by Crippen LogP contribution is -2.18. The number of anilines is 1. The van der Waals surface area contributed by atoms with Crippen LogP contribution >= 0.6 is 23.6 Å². The monoisotopic (exact) mass is 346 g/mol. The van der Waals surface area contributed by atoms with Crippen molar-refractivity contribution in [1.82, 2.24) is 14.5 Å². The van der Waals surface area contributed by atoms with Gasteiger partial charge in [-0.1, -0.05) is 19.1 Å². The van der Waals surface area contributed by atoms with E-state index in [-0.39, 0.29) is 5.91 Å². The van der Waals surface area contributed by atoms with Crippen molar-refractivity contribution in [2.24, 2.45) is 0 Å². The number of carbonyl (C=O) groups is 1. The van der Waals surface area contributed by atoms with Crippen LogP contribution in [0.2, 0.25) is 0 Å². The van der Waals surface area contributed by atoms with E-state index < -0.39 is 0 Å². The quantitative estimate of drug-likeness (QED) is 0.685. The summed E-state index contributed by atoms with van der Waals surface area (Å²) < 4.78 is 2.75. The number of hydrogen-bond acceptors (Lipinski definition) is 4. The molecule has 0 unspecified atom stereocenters. The number of H-pyrrole nitrogens is 1. The maximum Gasteiger partial charge on any atom is 0.232 e. The highest BCUT2D eigenvalue weighted by atomic mass is 32.1. The van der Waals surface area contributed by atoms with Gasteiger partial charge < -0.3 is 9.55 Å². The van der Waals surface area contributed by atoms with Gasteiger partial charge >= 0.3 is 0 Å². The summed E-state index contributed by atoms with van der Waals surface area (Å²) in [5.74, 6) is 0.529. The van der Waals surface area contributed by atoms with Gasteiger partial charge in [0, 0.05) is 17.1 Å². The van der Waals surface area contributed by atoms with Crippen molar-refractivity contribution in [1.29, 1.82) is 0 Å². The molecule has 0 aliphatic heterocycles. The minimum atomic E-state index is -0.0778. The van der Waals surface area contributed by atoms with Gasteiger partial charge in [0.1, 0.15) is 0 Å². The molecule has 0 radical (unpaired) electrons. The van der Waals surface area contributed by atoms with Gasteiger partial charge in [-0.3, -0.25) is 10.1 Å². The summed E-state index contributed by atoms with van der Waals surface area (Å²) in [6.07, 6.45) is 1.28. The Morgan fingerprint density at radius 1 is 1.43 bits per heavy atom. The van der Waals surface area contributed by atoms with Gasteiger partial charge in [-0.15, -0.1) is 11.3 Å². The number of benzene rings is 1. The third kappa shape index (κ3) is 3.35. The molecular weight excluding hydrogens is 328 g/mol. The van der Waals surface area contributed by atoms with Crippen LogP contribution in [0.25, 0.3) is 11.0 Å². The molecule has 1 aromatic carbocycles. The number of nitrogens with one attached hydrogen (secondary N) is 2. The van der Waals surface area contributed by atoms with Gasteiger partial charge in [-0.2, -0.15) is 0 Å². The summed E-state index contributed by atoms with van der Waals surface area (Å²) in [5.41, 5.74) is 2.89. The van der Waals surface area contributed by atoms with Crippen LogP contribution in [-0.4, -0.2) is 20.4 Å². The summed E-state index contributed by atoms with van der Waals surface area (Å²) in [4.78, 5) is 20.9.